The Morgan fingerprint density at radius 1 is 0.227 bits per heavy atom. The zero-order chi connectivity index (χ0) is 43.8. The molecular formula is C62H44N4. The molecule has 0 amide bonds. The molecule has 2 N–H and O–H groups in total. The topological polar surface area (TPSA) is 33.9 Å². The van der Waals surface area contributed by atoms with Gasteiger partial charge in [0, 0.05) is 55.7 Å². The van der Waals surface area contributed by atoms with Crippen LogP contribution in [-0.4, -0.2) is 9.13 Å². The molecule has 12 rings (SSSR count). The molecule has 2 aromatic heterocycles. The molecule has 0 aliphatic heterocycles. The van der Waals surface area contributed by atoms with E-state index in [0.717, 1.165) is 67.5 Å². The molecule has 0 unspecified atom stereocenters. The van der Waals surface area contributed by atoms with E-state index in [1.165, 1.54) is 43.6 Å². The second-order valence-corrected chi connectivity index (χ2v) is 16.7. The smallest absolute Gasteiger partial charge is 0.0541 e. The SMILES string of the molecule is c1ccc(Nc2ccc(C(=C(c3ccc(Nc4ccccc4)cc3)c3ccc(-n4c5ccccc5c5ccccc54)cc3)c3ccc(-n4c5ccccc5c5ccccc54)cc3)cc2)cc1. The van der Waals surface area contributed by atoms with Crippen molar-refractivity contribution in [1.29, 1.82) is 0 Å². The van der Waals surface area contributed by atoms with Crippen molar-refractivity contribution in [3.05, 3.63) is 277 Å². The Morgan fingerprint density at radius 3 is 0.773 bits per heavy atom. The third-order valence-corrected chi connectivity index (χ3v) is 12.7. The number of nitrogens with zero attached hydrogens (tertiary/aromatic N) is 2. The lowest BCUT2D eigenvalue weighted by Gasteiger charge is -2.20. The van der Waals surface area contributed by atoms with Gasteiger partial charge in [0.1, 0.15) is 0 Å². The summed E-state index contributed by atoms with van der Waals surface area (Å²) in [5.74, 6) is 0. The molecule has 0 fully saturated rings. The molecule has 66 heavy (non-hydrogen) atoms. The summed E-state index contributed by atoms with van der Waals surface area (Å²) in [4.78, 5) is 0. The highest BCUT2D eigenvalue weighted by Crippen LogP contribution is 2.40. The van der Waals surface area contributed by atoms with Crippen LogP contribution < -0.4 is 10.6 Å². The van der Waals surface area contributed by atoms with Crippen LogP contribution >= 0.6 is 0 Å². The van der Waals surface area contributed by atoms with Gasteiger partial charge in [-0.2, -0.15) is 0 Å². The number of hydrogen-bond donors (Lipinski definition) is 2. The summed E-state index contributed by atoms with van der Waals surface area (Å²) in [5, 5.41) is 12.2. The van der Waals surface area contributed by atoms with Crippen molar-refractivity contribution < 1.29 is 0 Å². The quantitative estimate of drug-likeness (QED) is 0.135. The van der Waals surface area contributed by atoms with E-state index in [1.807, 2.05) is 12.1 Å². The van der Waals surface area contributed by atoms with Crippen molar-refractivity contribution >= 4 is 77.5 Å². The van der Waals surface area contributed by atoms with E-state index >= 15 is 0 Å². The first-order valence-electron chi connectivity index (χ1n) is 22.5. The fourth-order valence-electron chi connectivity index (χ4n) is 9.68. The van der Waals surface area contributed by atoms with Crippen LogP contribution in [0.3, 0.4) is 0 Å². The van der Waals surface area contributed by atoms with Crippen LogP contribution in [0.2, 0.25) is 0 Å². The molecule has 0 saturated heterocycles. The van der Waals surface area contributed by atoms with Crippen LogP contribution in [0.1, 0.15) is 22.3 Å². The van der Waals surface area contributed by atoms with Crippen molar-refractivity contribution in [2.45, 2.75) is 0 Å². The predicted octanol–water partition coefficient (Wildman–Crippen LogP) is 16.4. The zero-order valence-electron chi connectivity index (χ0n) is 36.1. The molecule has 10 aromatic carbocycles. The molecule has 0 bridgehead atoms. The largest absolute Gasteiger partial charge is 0.356 e. The Labute approximate surface area is 384 Å². The van der Waals surface area contributed by atoms with Crippen LogP contribution in [0.4, 0.5) is 22.7 Å². The Balaban J connectivity index is 1.05. The summed E-state index contributed by atoms with van der Waals surface area (Å²) in [6, 6.07) is 91.5. The van der Waals surface area contributed by atoms with Crippen molar-refractivity contribution in [2.24, 2.45) is 0 Å². The van der Waals surface area contributed by atoms with Gasteiger partial charge in [-0.1, -0.05) is 158 Å². The van der Waals surface area contributed by atoms with Gasteiger partial charge in [-0.25, -0.2) is 0 Å². The van der Waals surface area contributed by atoms with E-state index in [-0.39, 0.29) is 0 Å². The highest BCUT2D eigenvalue weighted by Gasteiger charge is 2.19. The van der Waals surface area contributed by atoms with Crippen LogP contribution in [0.5, 0.6) is 0 Å². The Morgan fingerprint density at radius 2 is 0.470 bits per heavy atom. The normalized spacial score (nSPS) is 11.9. The lowest BCUT2D eigenvalue weighted by atomic mass is 9.85. The minimum absolute atomic E-state index is 1.03. The Kier molecular flexibility index (Phi) is 9.81. The molecule has 4 heteroatoms. The van der Waals surface area contributed by atoms with Gasteiger partial charge in [0.25, 0.3) is 0 Å². The monoisotopic (exact) mass is 844 g/mol. The lowest BCUT2D eigenvalue weighted by molar-refractivity contribution is 1.18. The minimum atomic E-state index is 1.03. The van der Waals surface area contributed by atoms with Crippen molar-refractivity contribution in [3.8, 4) is 11.4 Å². The van der Waals surface area contributed by atoms with E-state index in [4.69, 9.17) is 0 Å². The molecule has 0 spiro atoms. The van der Waals surface area contributed by atoms with Crippen LogP contribution in [0.15, 0.2) is 255 Å². The number of para-hydroxylation sites is 6. The summed E-state index contributed by atoms with van der Waals surface area (Å²) in [7, 11) is 0. The number of rotatable bonds is 10. The minimum Gasteiger partial charge on any atom is -0.356 e. The molecular weight excluding hydrogens is 801 g/mol. The van der Waals surface area contributed by atoms with E-state index in [9.17, 15) is 0 Å². The van der Waals surface area contributed by atoms with Gasteiger partial charge in [0.05, 0.1) is 22.1 Å². The molecule has 0 saturated carbocycles. The van der Waals surface area contributed by atoms with Gasteiger partial charge in [0.2, 0.25) is 0 Å². The number of benzene rings is 10. The third kappa shape index (κ3) is 7.08. The molecule has 0 atom stereocenters. The number of anilines is 4. The number of fused-ring (bicyclic) bond motifs is 6. The average Bonchev–Trinajstić information content (AvgIpc) is 3.90. The molecule has 12 aromatic rings. The maximum absolute atomic E-state index is 3.60. The Bertz CT molecular complexity index is 3340. The van der Waals surface area contributed by atoms with Crippen LogP contribution in [0.25, 0.3) is 66.1 Å². The maximum Gasteiger partial charge on any atom is 0.0541 e. The van der Waals surface area contributed by atoms with Gasteiger partial charge < -0.3 is 19.8 Å². The lowest BCUT2D eigenvalue weighted by Crippen LogP contribution is -2.00. The molecule has 4 nitrogen and oxygen atoms in total. The highest BCUT2D eigenvalue weighted by atomic mass is 15.0. The first-order chi connectivity index (χ1) is 32.7. The Hall–Kier alpha value is -8.86. The van der Waals surface area contributed by atoms with Crippen molar-refractivity contribution in [1.82, 2.24) is 9.13 Å². The maximum atomic E-state index is 3.60. The van der Waals surface area contributed by atoms with Crippen LogP contribution in [-0.2, 0) is 0 Å². The van der Waals surface area contributed by atoms with Gasteiger partial charge in [-0.15, -0.1) is 0 Å². The van der Waals surface area contributed by atoms with Gasteiger partial charge in [0.15, 0.2) is 0 Å². The zero-order valence-corrected chi connectivity index (χ0v) is 36.1. The summed E-state index contributed by atoms with van der Waals surface area (Å²) in [6.45, 7) is 0. The van der Waals surface area contributed by atoms with Gasteiger partial charge in [-0.05, 0) is 130 Å². The molecule has 312 valence electrons. The third-order valence-electron chi connectivity index (χ3n) is 12.7. The van der Waals surface area contributed by atoms with Crippen molar-refractivity contribution in [3.63, 3.8) is 0 Å². The number of hydrogen-bond acceptors (Lipinski definition) is 2. The number of aromatic nitrogens is 2. The average molecular weight is 845 g/mol. The summed E-state index contributed by atoms with van der Waals surface area (Å²) >= 11 is 0. The fourth-order valence-corrected chi connectivity index (χ4v) is 9.68. The van der Waals surface area contributed by atoms with E-state index in [2.05, 4.69) is 262 Å². The van der Waals surface area contributed by atoms with E-state index in [0.29, 0.717) is 0 Å². The standard InChI is InChI=1S/C62H44N4/c1-3-15-47(16-4-1)63-49-35-27-43(28-36-49)61(45-31-39-51(40-32-45)65-57-23-11-7-19-53(57)54-20-8-12-24-58(54)65)62(44-29-37-50(38-30-44)64-48-17-5-2-6-18-48)46-33-41-52(42-34-46)66-59-25-13-9-21-55(59)56-22-10-14-26-60(56)66/h1-42,63-64H. The molecule has 0 radical (unpaired) electrons. The highest BCUT2D eigenvalue weighted by molar-refractivity contribution is 6.11. The predicted molar refractivity (Wildman–Crippen MR) is 279 cm³/mol. The summed E-state index contributed by atoms with van der Waals surface area (Å²) in [5.41, 5.74) is 17.9. The van der Waals surface area contributed by atoms with Crippen molar-refractivity contribution in [2.75, 3.05) is 10.6 Å². The van der Waals surface area contributed by atoms with Crippen LogP contribution in [0, 0.1) is 0 Å². The van der Waals surface area contributed by atoms with Gasteiger partial charge >= 0.3 is 0 Å². The van der Waals surface area contributed by atoms with Gasteiger partial charge in [-0.3, -0.25) is 0 Å². The van der Waals surface area contributed by atoms with E-state index in [1.54, 1.807) is 0 Å². The molecule has 0 aliphatic rings. The number of nitrogens with one attached hydrogen (secondary N) is 2. The fraction of sp³-hybridized carbons (Fsp3) is 0. The first-order valence-corrected chi connectivity index (χ1v) is 22.5. The second-order valence-electron chi connectivity index (χ2n) is 16.7. The summed E-state index contributed by atoms with van der Waals surface area (Å²) in [6.07, 6.45) is 0. The molecule has 0 aliphatic carbocycles. The second kappa shape index (κ2) is 16.7. The first kappa shape index (κ1) is 38.8. The summed E-state index contributed by atoms with van der Waals surface area (Å²) < 4.78 is 4.77. The van der Waals surface area contributed by atoms with E-state index < -0.39 is 0 Å². The molecule has 2 heterocycles.